The van der Waals surface area contributed by atoms with Gasteiger partial charge in [0.05, 0.1) is 16.9 Å². The normalized spacial score (nSPS) is 16.0. The van der Waals surface area contributed by atoms with Crippen molar-refractivity contribution in [3.63, 3.8) is 0 Å². The van der Waals surface area contributed by atoms with Crippen LogP contribution in [-0.4, -0.2) is 35.4 Å². The predicted octanol–water partition coefficient (Wildman–Crippen LogP) is 1.54. The van der Waals surface area contributed by atoms with Crippen molar-refractivity contribution in [3.8, 4) is 0 Å². The van der Waals surface area contributed by atoms with E-state index in [1.54, 1.807) is 0 Å². The number of nitrogen functional groups attached to an aromatic ring is 1. The molecule has 92 valence electrons. The van der Waals surface area contributed by atoms with E-state index < -0.39 is 0 Å². The number of nitrogens with zero attached hydrogens (tertiary/aromatic N) is 2. The molecular weight excluding hydrogens is 232 g/mol. The number of aromatic nitrogens is 1. The van der Waals surface area contributed by atoms with Crippen LogP contribution in [-0.2, 0) is 0 Å². The summed E-state index contributed by atoms with van der Waals surface area (Å²) in [6.45, 7) is 5.95. The van der Waals surface area contributed by atoms with Crippen LogP contribution in [0.3, 0.4) is 0 Å². The van der Waals surface area contributed by atoms with E-state index in [9.17, 15) is 0 Å². The summed E-state index contributed by atoms with van der Waals surface area (Å²) >= 11 is 1.97. The highest BCUT2D eigenvalue weighted by molar-refractivity contribution is 7.99. The first-order valence-electron chi connectivity index (χ1n) is 5.75. The lowest BCUT2D eigenvalue weighted by molar-refractivity contribution is 0.851. The zero-order valence-corrected chi connectivity index (χ0v) is 11.1. The highest BCUT2D eigenvalue weighted by Gasteiger charge is 2.18. The summed E-state index contributed by atoms with van der Waals surface area (Å²) in [6.07, 6.45) is 0. The molecule has 2 heterocycles. The van der Waals surface area contributed by atoms with E-state index in [0.29, 0.717) is 0 Å². The average Bonchev–Trinajstić information content (AvgIpc) is 2.28. The monoisotopic (exact) mass is 250 g/mol. The van der Waals surface area contributed by atoms with Gasteiger partial charge in [0.25, 0.3) is 0 Å². The van der Waals surface area contributed by atoms with Crippen molar-refractivity contribution in [2.75, 3.05) is 29.5 Å². The van der Waals surface area contributed by atoms with Gasteiger partial charge < -0.3 is 10.6 Å². The molecule has 0 aliphatic carbocycles. The molecule has 0 unspecified atom stereocenters. The standard InChI is InChI=1S/C12H18N4S/c1-8-7-10(16-3-5-17-6-4-16)11(12(13)14)9(2)15-8/h7H,3-6H2,1-2H3,(H3,13,14). The lowest BCUT2D eigenvalue weighted by Gasteiger charge is -2.30. The summed E-state index contributed by atoms with van der Waals surface area (Å²) < 4.78 is 0. The first-order chi connectivity index (χ1) is 8.09. The van der Waals surface area contributed by atoms with E-state index in [0.717, 1.165) is 47.2 Å². The van der Waals surface area contributed by atoms with Crippen LogP contribution in [0.1, 0.15) is 17.0 Å². The van der Waals surface area contributed by atoms with Gasteiger partial charge in [0.2, 0.25) is 0 Å². The van der Waals surface area contributed by atoms with Crippen molar-refractivity contribution in [2.24, 2.45) is 5.73 Å². The lowest BCUT2D eigenvalue weighted by atomic mass is 10.1. The minimum absolute atomic E-state index is 0.114. The van der Waals surface area contributed by atoms with Crippen LogP contribution in [0.4, 0.5) is 5.69 Å². The Labute approximate surface area is 106 Å². The summed E-state index contributed by atoms with van der Waals surface area (Å²) in [5.74, 6) is 2.39. The number of aryl methyl sites for hydroxylation is 2. The average molecular weight is 250 g/mol. The fourth-order valence-electron chi connectivity index (χ4n) is 2.19. The summed E-state index contributed by atoms with van der Waals surface area (Å²) in [4.78, 5) is 6.71. The summed E-state index contributed by atoms with van der Waals surface area (Å²) in [6, 6.07) is 2.04. The Morgan fingerprint density at radius 2 is 2.06 bits per heavy atom. The topological polar surface area (TPSA) is 66.0 Å². The van der Waals surface area contributed by atoms with Crippen molar-refractivity contribution in [1.82, 2.24) is 4.98 Å². The Morgan fingerprint density at radius 1 is 1.41 bits per heavy atom. The van der Waals surface area contributed by atoms with E-state index >= 15 is 0 Å². The first-order valence-corrected chi connectivity index (χ1v) is 6.90. The Kier molecular flexibility index (Phi) is 3.57. The number of hydrogen-bond acceptors (Lipinski definition) is 4. The van der Waals surface area contributed by atoms with Crippen LogP contribution in [0.15, 0.2) is 6.07 Å². The molecule has 0 bridgehead atoms. The largest absolute Gasteiger partial charge is 0.384 e. The third-order valence-electron chi connectivity index (χ3n) is 2.93. The quantitative estimate of drug-likeness (QED) is 0.617. The van der Waals surface area contributed by atoms with Crippen LogP contribution < -0.4 is 10.6 Å². The molecule has 0 saturated carbocycles. The van der Waals surface area contributed by atoms with Crippen LogP contribution in [0, 0.1) is 19.3 Å². The number of rotatable bonds is 2. The first kappa shape index (κ1) is 12.2. The number of amidine groups is 1. The van der Waals surface area contributed by atoms with Gasteiger partial charge in [-0.3, -0.25) is 10.4 Å². The molecule has 1 aliphatic rings. The Hall–Kier alpha value is -1.23. The molecule has 3 N–H and O–H groups in total. The minimum atomic E-state index is 0.114. The highest BCUT2D eigenvalue weighted by atomic mass is 32.2. The van der Waals surface area contributed by atoms with Crippen LogP contribution in [0.25, 0.3) is 0 Å². The van der Waals surface area contributed by atoms with Crippen molar-refractivity contribution in [3.05, 3.63) is 23.0 Å². The molecule has 0 amide bonds. The van der Waals surface area contributed by atoms with E-state index in [-0.39, 0.29) is 5.84 Å². The molecule has 1 aromatic heterocycles. The van der Waals surface area contributed by atoms with E-state index in [2.05, 4.69) is 9.88 Å². The predicted molar refractivity (Wildman–Crippen MR) is 74.3 cm³/mol. The second-order valence-corrected chi connectivity index (χ2v) is 5.48. The molecule has 17 heavy (non-hydrogen) atoms. The van der Waals surface area contributed by atoms with Gasteiger partial charge in [-0.1, -0.05) is 0 Å². The maximum absolute atomic E-state index is 7.71. The van der Waals surface area contributed by atoms with Crippen molar-refractivity contribution < 1.29 is 0 Å². The van der Waals surface area contributed by atoms with Gasteiger partial charge in [0, 0.05) is 30.3 Å². The second-order valence-electron chi connectivity index (χ2n) is 4.26. The van der Waals surface area contributed by atoms with E-state index in [1.165, 1.54) is 0 Å². The van der Waals surface area contributed by atoms with Gasteiger partial charge >= 0.3 is 0 Å². The Morgan fingerprint density at radius 3 is 2.65 bits per heavy atom. The van der Waals surface area contributed by atoms with Gasteiger partial charge in [-0.05, 0) is 19.9 Å². The van der Waals surface area contributed by atoms with Gasteiger partial charge in [-0.2, -0.15) is 11.8 Å². The molecule has 0 spiro atoms. The van der Waals surface area contributed by atoms with Crippen molar-refractivity contribution >= 4 is 23.3 Å². The van der Waals surface area contributed by atoms with Crippen LogP contribution in [0.2, 0.25) is 0 Å². The number of anilines is 1. The van der Waals surface area contributed by atoms with Crippen molar-refractivity contribution in [1.29, 1.82) is 5.41 Å². The molecule has 4 nitrogen and oxygen atoms in total. The third-order valence-corrected chi connectivity index (χ3v) is 3.87. The zero-order chi connectivity index (χ0) is 12.4. The molecule has 0 radical (unpaired) electrons. The number of nitrogens with one attached hydrogen (secondary N) is 1. The minimum Gasteiger partial charge on any atom is -0.384 e. The summed E-state index contributed by atoms with van der Waals surface area (Å²) in [7, 11) is 0. The molecule has 1 saturated heterocycles. The van der Waals surface area contributed by atoms with Crippen molar-refractivity contribution in [2.45, 2.75) is 13.8 Å². The highest BCUT2D eigenvalue weighted by Crippen LogP contribution is 2.26. The molecule has 0 atom stereocenters. The number of nitrogens with two attached hydrogens (primary N) is 1. The van der Waals surface area contributed by atoms with Gasteiger partial charge in [-0.15, -0.1) is 0 Å². The summed E-state index contributed by atoms with van der Waals surface area (Å²) in [5.41, 5.74) is 9.39. The Balaban J connectivity index is 2.46. The molecule has 1 aliphatic heterocycles. The van der Waals surface area contributed by atoms with Crippen LogP contribution in [0.5, 0.6) is 0 Å². The SMILES string of the molecule is Cc1cc(N2CCSCC2)c(C(=N)N)c(C)n1. The fourth-order valence-corrected chi connectivity index (χ4v) is 3.10. The second kappa shape index (κ2) is 4.96. The molecule has 1 fully saturated rings. The molecular formula is C12H18N4S. The smallest absolute Gasteiger partial charge is 0.126 e. The molecule has 5 heteroatoms. The van der Waals surface area contributed by atoms with Gasteiger partial charge in [-0.25, -0.2) is 0 Å². The summed E-state index contributed by atoms with van der Waals surface area (Å²) in [5, 5.41) is 7.71. The van der Waals surface area contributed by atoms with Crippen LogP contribution >= 0.6 is 11.8 Å². The molecule has 1 aromatic rings. The number of pyridine rings is 1. The van der Waals surface area contributed by atoms with E-state index in [4.69, 9.17) is 11.1 Å². The van der Waals surface area contributed by atoms with Gasteiger partial charge in [0.1, 0.15) is 5.84 Å². The fraction of sp³-hybridized carbons (Fsp3) is 0.500. The molecule has 0 aromatic carbocycles. The maximum atomic E-state index is 7.71. The molecule has 2 rings (SSSR count). The third kappa shape index (κ3) is 2.54. The maximum Gasteiger partial charge on any atom is 0.126 e. The van der Waals surface area contributed by atoms with Gasteiger partial charge in [0.15, 0.2) is 0 Å². The number of thioether (sulfide) groups is 1. The zero-order valence-electron chi connectivity index (χ0n) is 10.3. The van der Waals surface area contributed by atoms with E-state index in [1.807, 2.05) is 31.7 Å². The lowest BCUT2D eigenvalue weighted by Crippen LogP contribution is -2.34. The Bertz CT molecular complexity index is 438. The number of hydrogen-bond donors (Lipinski definition) is 2.